The van der Waals surface area contributed by atoms with Crippen molar-refractivity contribution in [3.8, 4) is 0 Å². The molecule has 0 aromatic heterocycles. The summed E-state index contributed by atoms with van der Waals surface area (Å²) in [5.41, 5.74) is 7.69. The van der Waals surface area contributed by atoms with Crippen LogP contribution in [-0.2, 0) is 25.6 Å². The van der Waals surface area contributed by atoms with E-state index < -0.39 is 23.9 Å². The molecule has 6 N–H and O–H groups in total. The zero-order chi connectivity index (χ0) is 26.7. The molecular weight excluding hydrogens is 474 g/mol. The first-order valence-electron chi connectivity index (χ1n) is 11.4. The van der Waals surface area contributed by atoms with E-state index >= 15 is 0 Å². The number of anilines is 1. The van der Waals surface area contributed by atoms with Gasteiger partial charge in [-0.2, -0.15) is 0 Å². The Bertz CT molecular complexity index is 952. The second-order valence-electron chi connectivity index (χ2n) is 8.56. The molecule has 1 aromatic carbocycles. The first-order valence-corrected chi connectivity index (χ1v) is 11.4. The highest BCUT2D eigenvalue weighted by Crippen LogP contribution is 2.17. The minimum atomic E-state index is -1.09. The number of rotatable bonds is 10. The molecular formula is C23H33N5O8. The third-order valence-electron chi connectivity index (χ3n) is 5.61. The van der Waals surface area contributed by atoms with Crippen LogP contribution in [0.3, 0.4) is 0 Å². The third kappa shape index (κ3) is 10.6. The maximum atomic E-state index is 11.7. The van der Waals surface area contributed by atoms with Crippen LogP contribution in [0.25, 0.3) is 0 Å². The van der Waals surface area contributed by atoms with Gasteiger partial charge >= 0.3 is 23.9 Å². The quantitative estimate of drug-likeness (QED) is 0.248. The Morgan fingerprint density at radius 2 is 1.14 bits per heavy atom. The summed E-state index contributed by atoms with van der Waals surface area (Å²) in [6.07, 6.45) is 1.87. The molecule has 36 heavy (non-hydrogen) atoms. The molecule has 0 atom stereocenters. The van der Waals surface area contributed by atoms with E-state index in [1.807, 2.05) is 0 Å². The van der Waals surface area contributed by atoms with Crippen molar-refractivity contribution in [2.45, 2.75) is 6.42 Å². The average molecular weight is 508 g/mol. The van der Waals surface area contributed by atoms with Gasteiger partial charge in [0.05, 0.1) is 13.1 Å². The lowest BCUT2D eigenvalue weighted by atomic mass is 10.1. The number of hydrogen-bond acceptors (Lipinski definition) is 9. The highest BCUT2D eigenvalue weighted by atomic mass is 16.4. The van der Waals surface area contributed by atoms with Crippen LogP contribution >= 0.6 is 0 Å². The van der Waals surface area contributed by atoms with Crippen LogP contribution in [-0.4, -0.2) is 129 Å². The Balaban J connectivity index is 2.47. The number of aliphatic carboxylic acids is 4. The highest BCUT2D eigenvalue weighted by Gasteiger charge is 2.21. The number of nitrogens with zero attached hydrogens (tertiary/aromatic N) is 4. The maximum Gasteiger partial charge on any atom is 0.323 e. The zero-order valence-electron chi connectivity index (χ0n) is 20.0. The third-order valence-corrected chi connectivity index (χ3v) is 5.61. The lowest BCUT2D eigenvalue weighted by Gasteiger charge is -2.34. The summed E-state index contributed by atoms with van der Waals surface area (Å²) in [7, 11) is 0. The lowest BCUT2D eigenvalue weighted by Crippen LogP contribution is -2.46. The van der Waals surface area contributed by atoms with Gasteiger partial charge in [-0.25, -0.2) is 0 Å². The van der Waals surface area contributed by atoms with Crippen LogP contribution in [0.5, 0.6) is 0 Å². The smallest absolute Gasteiger partial charge is 0.323 e. The van der Waals surface area contributed by atoms with Crippen molar-refractivity contribution in [1.29, 1.82) is 0 Å². The van der Waals surface area contributed by atoms with Crippen LogP contribution in [0.4, 0.5) is 5.69 Å². The number of carbonyl (C=O) groups is 4. The van der Waals surface area contributed by atoms with E-state index in [1.165, 1.54) is 4.90 Å². The molecule has 198 valence electrons. The minimum Gasteiger partial charge on any atom is -0.480 e. The SMILES string of the molecule is Nc1ccc(C/C2=C/N(CC(=O)O)CCN(CC(=O)O)CCN(CC(=O)O)CCN2CC(=O)O)cc1. The largest absolute Gasteiger partial charge is 0.480 e. The van der Waals surface area contributed by atoms with Crippen molar-refractivity contribution in [2.24, 2.45) is 0 Å². The Hall–Kier alpha value is -3.84. The Morgan fingerprint density at radius 3 is 1.64 bits per heavy atom. The van der Waals surface area contributed by atoms with Gasteiger partial charge in [-0.1, -0.05) is 12.1 Å². The fraction of sp³-hybridized carbons (Fsp3) is 0.478. The predicted molar refractivity (Wildman–Crippen MR) is 129 cm³/mol. The first kappa shape index (κ1) is 28.4. The molecule has 0 bridgehead atoms. The fourth-order valence-corrected chi connectivity index (χ4v) is 3.88. The minimum absolute atomic E-state index is 0.167. The van der Waals surface area contributed by atoms with E-state index in [0.717, 1.165) is 5.56 Å². The van der Waals surface area contributed by atoms with Crippen molar-refractivity contribution < 1.29 is 39.6 Å². The standard InChI is InChI=1S/C23H33N5O8/c24-18-3-1-17(2-4-18)11-19-12-27(15-22(33)34)8-7-25(13-20(29)30)5-6-26(14-21(31)32)9-10-28(19)16-23(35)36/h1-4,12H,5-11,13-16,24H2,(H,29,30)(H,31,32)(H,33,34)(H,35,36)/b19-12-. The zero-order valence-corrected chi connectivity index (χ0v) is 20.0. The van der Waals surface area contributed by atoms with Gasteiger partial charge in [-0.15, -0.1) is 0 Å². The lowest BCUT2D eigenvalue weighted by molar-refractivity contribution is -0.140. The molecule has 1 heterocycles. The van der Waals surface area contributed by atoms with Gasteiger partial charge in [0, 0.05) is 63.3 Å². The Morgan fingerprint density at radius 1 is 0.667 bits per heavy atom. The Labute approximate surface area is 208 Å². The number of allylic oxidation sites excluding steroid dienone is 1. The van der Waals surface area contributed by atoms with Gasteiger partial charge < -0.3 is 36.0 Å². The highest BCUT2D eigenvalue weighted by molar-refractivity contribution is 5.70. The van der Waals surface area contributed by atoms with Gasteiger partial charge in [-0.05, 0) is 17.7 Å². The first-order chi connectivity index (χ1) is 17.0. The summed E-state index contributed by atoms with van der Waals surface area (Å²) in [4.78, 5) is 52.3. The molecule has 13 heteroatoms. The van der Waals surface area contributed by atoms with E-state index in [1.54, 1.807) is 45.2 Å². The number of nitrogens with two attached hydrogens (primary N) is 1. The van der Waals surface area contributed by atoms with Crippen LogP contribution in [0.2, 0.25) is 0 Å². The molecule has 0 aliphatic carbocycles. The molecule has 1 aliphatic heterocycles. The molecule has 1 aliphatic rings. The molecule has 0 amide bonds. The predicted octanol–water partition coefficient (Wildman–Crippen LogP) is -0.787. The summed E-state index contributed by atoms with van der Waals surface area (Å²) in [6.45, 7) is -0.0444. The van der Waals surface area contributed by atoms with Gasteiger partial charge in [-0.3, -0.25) is 29.0 Å². The fourth-order valence-electron chi connectivity index (χ4n) is 3.88. The number of carboxylic acid groups (broad SMARTS) is 4. The van der Waals surface area contributed by atoms with E-state index in [9.17, 15) is 39.6 Å². The summed E-state index contributed by atoms with van der Waals surface area (Å²) in [6, 6.07) is 7.00. The van der Waals surface area contributed by atoms with E-state index in [4.69, 9.17) is 5.73 Å². The van der Waals surface area contributed by atoms with E-state index in [-0.39, 0.29) is 71.9 Å². The second-order valence-corrected chi connectivity index (χ2v) is 8.56. The van der Waals surface area contributed by atoms with Crippen LogP contribution in [0, 0.1) is 0 Å². The average Bonchev–Trinajstić information content (AvgIpc) is 2.76. The van der Waals surface area contributed by atoms with Crippen molar-refractivity contribution >= 4 is 29.6 Å². The molecule has 0 saturated heterocycles. The van der Waals surface area contributed by atoms with Crippen molar-refractivity contribution in [3.63, 3.8) is 0 Å². The summed E-state index contributed by atoms with van der Waals surface area (Å²) in [5, 5.41) is 37.6. The molecule has 0 radical (unpaired) electrons. The van der Waals surface area contributed by atoms with Crippen molar-refractivity contribution in [3.05, 3.63) is 41.7 Å². The van der Waals surface area contributed by atoms with Gasteiger partial charge in [0.15, 0.2) is 0 Å². The van der Waals surface area contributed by atoms with Crippen molar-refractivity contribution in [2.75, 3.05) is 71.2 Å². The maximum absolute atomic E-state index is 11.7. The molecule has 0 saturated carbocycles. The number of hydrogen-bond donors (Lipinski definition) is 5. The molecule has 2 rings (SSSR count). The Kier molecular flexibility index (Phi) is 11.0. The van der Waals surface area contributed by atoms with Gasteiger partial charge in [0.1, 0.15) is 13.1 Å². The summed E-state index contributed by atoms with van der Waals surface area (Å²) < 4.78 is 0. The molecule has 0 fully saturated rings. The molecule has 0 unspecified atom stereocenters. The van der Waals surface area contributed by atoms with Gasteiger partial charge in [0.2, 0.25) is 0 Å². The number of benzene rings is 1. The second kappa shape index (κ2) is 13.9. The molecule has 1 aromatic rings. The van der Waals surface area contributed by atoms with E-state index in [2.05, 4.69) is 0 Å². The van der Waals surface area contributed by atoms with Crippen LogP contribution < -0.4 is 5.73 Å². The summed E-state index contributed by atoms with van der Waals surface area (Å²) >= 11 is 0. The number of nitrogen functional groups attached to an aromatic ring is 1. The van der Waals surface area contributed by atoms with Gasteiger partial charge in [0.25, 0.3) is 0 Å². The van der Waals surface area contributed by atoms with Crippen LogP contribution in [0.1, 0.15) is 5.56 Å². The summed E-state index contributed by atoms with van der Waals surface area (Å²) in [5.74, 6) is -4.29. The monoisotopic (exact) mass is 507 g/mol. The van der Waals surface area contributed by atoms with Crippen LogP contribution in [0.15, 0.2) is 36.2 Å². The molecule has 13 nitrogen and oxygen atoms in total. The normalized spacial score (nSPS) is 17.9. The molecule has 0 spiro atoms. The van der Waals surface area contributed by atoms with E-state index in [0.29, 0.717) is 11.4 Å². The van der Waals surface area contributed by atoms with Crippen molar-refractivity contribution in [1.82, 2.24) is 19.6 Å². The number of carboxylic acids is 4. The topological polar surface area (TPSA) is 188 Å².